The molecule has 1 aromatic heterocycles. The first-order valence-electron chi connectivity index (χ1n) is 4.49. The van der Waals surface area contributed by atoms with Crippen LogP contribution in [0.4, 0.5) is 8.78 Å². The molecule has 88 valence electrons. The van der Waals surface area contributed by atoms with Gasteiger partial charge in [-0.3, -0.25) is 4.79 Å². The molecular weight excluding hydrogens is 220 g/mol. The third-order valence-electron chi connectivity index (χ3n) is 2.16. The van der Waals surface area contributed by atoms with E-state index in [1.54, 1.807) is 0 Å². The van der Waals surface area contributed by atoms with Gasteiger partial charge in [0.2, 0.25) is 5.88 Å². The molecule has 0 aromatic carbocycles. The summed E-state index contributed by atoms with van der Waals surface area (Å²) in [6, 6.07) is 0. The highest BCUT2D eigenvalue weighted by atomic mass is 19.3. The van der Waals surface area contributed by atoms with E-state index in [9.17, 15) is 13.6 Å². The summed E-state index contributed by atoms with van der Waals surface area (Å²) in [6.45, 7) is 1.43. The Kier molecular flexibility index (Phi) is 3.76. The van der Waals surface area contributed by atoms with Gasteiger partial charge in [-0.25, -0.2) is 13.8 Å². The number of carboxylic acid groups (broad SMARTS) is 1. The summed E-state index contributed by atoms with van der Waals surface area (Å²) in [7, 11) is 1.32. The lowest BCUT2D eigenvalue weighted by molar-refractivity contribution is -0.136. The van der Waals surface area contributed by atoms with E-state index in [-0.39, 0.29) is 22.6 Å². The molecule has 1 heterocycles. The van der Waals surface area contributed by atoms with Crippen LogP contribution in [0.15, 0.2) is 6.20 Å². The van der Waals surface area contributed by atoms with Crippen LogP contribution < -0.4 is 4.74 Å². The number of pyridine rings is 1. The van der Waals surface area contributed by atoms with Crippen LogP contribution in [0.2, 0.25) is 0 Å². The van der Waals surface area contributed by atoms with E-state index in [0.29, 0.717) is 0 Å². The Labute approximate surface area is 90.9 Å². The van der Waals surface area contributed by atoms with E-state index in [0.717, 1.165) is 6.20 Å². The first kappa shape index (κ1) is 12.4. The molecule has 1 aromatic rings. The molecule has 1 N–H and O–H groups in total. The SMILES string of the molecule is COc1ncc(CC(=O)O)c(C(F)F)c1C. The average molecular weight is 231 g/mol. The first-order valence-corrected chi connectivity index (χ1v) is 4.49. The van der Waals surface area contributed by atoms with E-state index in [1.807, 2.05) is 0 Å². The molecule has 0 atom stereocenters. The minimum atomic E-state index is -2.74. The van der Waals surface area contributed by atoms with Crippen molar-refractivity contribution in [2.24, 2.45) is 0 Å². The molecule has 6 heteroatoms. The second-order valence-electron chi connectivity index (χ2n) is 3.20. The molecule has 0 radical (unpaired) electrons. The number of nitrogens with zero attached hydrogens (tertiary/aromatic N) is 1. The largest absolute Gasteiger partial charge is 0.481 e. The van der Waals surface area contributed by atoms with Gasteiger partial charge in [0.15, 0.2) is 0 Å². The molecule has 0 fully saturated rings. The normalized spacial score (nSPS) is 10.6. The molecule has 4 nitrogen and oxygen atoms in total. The molecule has 16 heavy (non-hydrogen) atoms. The van der Waals surface area contributed by atoms with E-state index < -0.39 is 18.8 Å². The fourth-order valence-electron chi connectivity index (χ4n) is 1.47. The monoisotopic (exact) mass is 231 g/mol. The van der Waals surface area contributed by atoms with Crippen molar-refractivity contribution in [3.63, 3.8) is 0 Å². The predicted molar refractivity (Wildman–Crippen MR) is 51.8 cm³/mol. The Morgan fingerprint density at radius 3 is 2.69 bits per heavy atom. The molecule has 0 amide bonds. The molecule has 1 rings (SSSR count). The predicted octanol–water partition coefficient (Wildman–Crippen LogP) is 1.96. The number of aromatic nitrogens is 1. The van der Waals surface area contributed by atoms with Crippen LogP contribution in [0.1, 0.15) is 23.1 Å². The maximum atomic E-state index is 12.8. The Balaban J connectivity index is 3.28. The van der Waals surface area contributed by atoms with Gasteiger partial charge in [-0.1, -0.05) is 0 Å². The Morgan fingerprint density at radius 1 is 1.62 bits per heavy atom. The number of aliphatic carboxylic acids is 1. The maximum Gasteiger partial charge on any atom is 0.307 e. The van der Waals surface area contributed by atoms with Gasteiger partial charge in [0.25, 0.3) is 6.43 Å². The fourth-order valence-corrected chi connectivity index (χ4v) is 1.47. The highest BCUT2D eigenvalue weighted by Crippen LogP contribution is 2.30. The summed E-state index contributed by atoms with van der Waals surface area (Å²) in [6.07, 6.45) is -2.11. The van der Waals surface area contributed by atoms with Gasteiger partial charge in [0.1, 0.15) is 0 Å². The number of hydrogen-bond donors (Lipinski definition) is 1. The van der Waals surface area contributed by atoms with Crippen LogP contribution >= 0.6 is 0 Å². The van der Waals surface area contributed by atoms with E-state index in [2.05, 4.69) is 4.98 Å². The number of carboxylic acids is 1. The number of halogens is 2. The van der Waals surface area contributed by atoms with Crippen molar-refractivity contribution < 1.29 is 23.4 Å². The van der Waals surface area contributed by atoms with Crippen molar-refractivity contribution in [2.45, 2.75) is 19.8 Å². The minimum Gasteiger partial charge on any atom is -0.481 e. The molecule has 0 unspecified atom stereocenters. The lowest BCUT2D eigenvalue weighted by Gasteiger charge is -2.12. The van der Waals surface area contributed by atoms with Crippen LogP contribution in [0.25, 0.3) is 0 Å². The Bertz CT molecular complexity index is 407. The zero-order chi connectivity index (χ0) is 12.3. The van der Waals surface area contributed by atoms with Gasteiger partial charge in [-0.05, 0) is 12.5 Å². The molecular formula is C10H11F2NO3. The minimum absolute atomic E-state index is 0.0146. The number of rotatable bonds is 4. The van der Waals surface area contributed by atoms with Crippen molar-refractivity contribution in [1.29, 1.82) is 0 Å². The van der Waals surface area contributed by atoms with E-state index >= 15 is 0 Å². The van der Waals surface area contributed by atoms with Crippen LogP contribution in [-0.2, 0) is 11.2 Å². The Hall–Kier alpha value is -1.72. The third-order valence-corrected chi connectivity index (χ3v) is 2.16. The summed E-state index contributed by atoms with van der Waals surface area (Å²) in [4.78, 5) is 14.3. The highest BCUT2D eigenvalue weighted by molar-refractivity contribution is 5.71. The second-order valence-corrected chi connectivity index (χ2v) is 3.20. The molecule has 0 aliphatic heterocycles. The van der Waals surface area contributed by atoms with E-state index in [4.69, 9.17) is 9.84 Å². The van der Waals surface area contributed by atoms with Crippen molar-refractivity contribution in [3.8, 4) is 5.88 Å². The highest BCUT2D eigenvalue weighted by Gasteiger charge is 2.21. The van der Waals surface area contributed by atoms with Crippen molar-refractivity contribution >= 4 is 5.97 Å². The van der Waals surface area contributed by atoms with Crippen LogP contribution in [-0.4, -0.2) is 23.2 Å². The smallest absolute Gasteiger partial charge is 0.307 e. The second kappa shape index (κ2) is 4.87. The van der Waals surface area contributed by atoms with Crippen LogP contribution in [0.5, 0.6) is 5.88 Å². The fraction of sp³-hybridized carbons (Fsp3) is 0.400. The van der Waals surface area contributed by atoms with Crippen LogP contribution in [0, 0.1) is 6.92 Å². The van der Waals surface area contributed by atoms with Gasteiger partial charge in [-0.2, -0.15) is 0 Å². The number of carbonyl (C=O) groups is 1. The number of hydrogen-bond acceptors (Lipinski definition) is 3. The van der Waals surface area contributed by atoms with Gasteiger partial charge < -0.3 is 9.84 Å². The van der Waals surface area contributed by atoms with Crippen molar-refractivity contribution in [3.05, 3.63) is 22.9 Å². The lowest BCUT2D eigenvalue weighted by atomic mass is 10.0. The summed E-state index contributed by atoms with van der Waals surface area (Å²) in [5.41, 5.74) is -0.119. The van der Waals surface area contributed by atoms with Crippen LogP contribution in [0.3, 0.4) is 0 Å². The lowest BCUT2D eigenvalue weighted by Crippen LogP contribution is -2.08. The topological polar surface area (TPSA) is 59.4 Å². The van der Waals surface area contributed by atoms with Gasteiger partial charge in [0.05, 0.1) is 13.5 Å². The summed E-state index contributed by atoms with van der Waals surface area (Å²) < 4.78 is 30.4. The summed E-state index contributed by atoms with van der Waals surface area (Å²) in [5.74, 6) is -1.09. The van der Waals surface area contributed by atoms with Gasteiger partial charge >= 0.3 is 5.97 Å². The number of ether oxygens (including phenoxy) is 1. The summed E-state index contributed by atoms with van der Waals surface area (Å²) >= 11 is 0. The first-order chi connectivity index (χ1) is 7.47. The molecule has 0 bridgehead atoms. The zero-order valence-electron chi connectivity index (χ0n) is 8.83. The average Bonchev–Trinajstić information content (AvgIpc) is 2.16. The van der Waals surface area contributed by atoms with E-state index in [1.165, 1.54) is 14.0 Å². The van der Waals surface area contributed by atoms with Crippen molar-refractivity contribution in [2.75, 3.05) is 7.11 Å². The molecule has 0 aliphatic carbocycles. The van der Waals surface area contributed by atoms with Gasteiger partial charge in [-0.15, -0.1) is 0 Å². The molecule has 0 aliphatic rings. The summed E-state index contributed by atoms with van der Waals surface area (Å²) in [5, 5.41) is 8.59. The maximum absolute atomic E-state index is 12.8. The molecule has 0 spiro atoms. The molecule has 0 saturated carbocycles. The van der Waals surface area contributed by atoms with Crippen molar-refractivity contribution in [1.82, 2.24) is 4.98 Å². The third kappa shape index (κ3) is 2.44. The zero-order valence-corrected chi connectivity index (χ0v) is 8.83. The quantitative estimate of drug-likeness (QED) is 0.860. The number of methoxy groups -OCH3 is 1. The molecule has 0 saturated heterocycles. The Morgan fingerprint density at radius 2 is 2.25 bits per heavy atom. The standard InChI is InChI=1S/C10H11F2NO3/c1-5-8(9(11)12)6(3-7(14)15)4-13-10(5)16-2/h4,9H,3H2,1-2H3,(H,14,15). The van der Waals surface area contributed by atoms with Gasteiger partial charge in [0, 0.05) is 17.3 Å². The number of alkyl halides is 2.